The van der Waals surface area contributed by atoms with Crippen LogP contribution in [0.2, 0.25) is 0 Å². The van der Waals surface area contributed by atoms with Crippen molar-refractivity contribution in [2.75, 3.05) is 0 Å². The van der Waals surface area contributed by atoms with Gasteiger partial charge < -0.3 is 0 Å². The van der Waals surface area contributed by atoms with Gasteiger partial charge in [-0.2, -0.15) is 0 Å². The number of allylic oxidation sites excluding steroid dienone is 3. The standard InChI is InChI=1S/2C13H26.4CH4/c2*1-6-8-12(4)10-13(5)9-11(3)7-2;;;;/h9,12-13H,6-8,10H2,1-5H3;12-13H,3,6-10H2,1-2,4-5H3;4*1H4. The zero-order chi connectivity index (χ0) is 20.5. The fraction of sp³-hybridized carbons (Fsp3) is 0.867. The minimum atomic E-state index is 0. The number of hydrogen-bond acceptors (Lipinski definition) is 0. The third kappa shape index (κ3) is 29.7. The highest BCUT2D eigenvalue weighted by atomic mass is 14.1. The predicted molar refractivity (Wildman–Crippen MR) is 151 cm³/mol. The Morgan fingerprint density at radius 3 is 1.50 bits per heavy atom. The molecule has 0 spiro atoms. The van der Waals surface area contributed by atoms with Crippen molar-refractivity contribution in [3.8, 4) is 0 Å². The largest absolute Gasteiger partial charge is 0.0999 e. The van der Waals surface area contributed by atoms with Crippen LogP contribution in [0.25, 0.3) is 0 Å². The number of hydrogen-bond donors (Lipinski definition) is 0. The monoisotopic (exact) mass is 429 g/mol. The summed E-state index contributed by atoms with van der Waals surface area (Å²) in [5.41, 5.74) is 2.95. The maximum atomic E-state index is 4.07. The lowest BCUT2D eigenvalue weighted by Gasteiger charge is -2.17. The Balaban J connectivity index is -0.0000000847. The summed E-state index contributed by atoms with van der Waals surface area (Å²) >= 11 is 0. The van der Waals surface area contributed by atoms with E-state index in [1.807, 2.05) is 0 Å². The summed E-state index contributed by atoms with van der Waals surface area (Å²) in [5.74, 6) is 3.38. The molecule has 30 heavy (non-hydrogen) atoms. The second-order valence-electron chi connectivity index (χ2n) is 9.02. The first-order chi connectivity index (χ1) is 12.2. The van der Waals surface area contributed by atoms with Gasteiger partial charge in [-0.05, 0) is 62.7 Å². The molecule has 4 unspecified atom stereocenters. The summed E-state index contributed by atoms with van der Waals surface area (Å²) in [4.78, 5) is 0. The maximum absolute atomic E-state index is 4.07. The van der Waals surface area contributed by atoms with E-state index in [2.05, 4.69) is 75.0 Å². The van der Waals surface area contributed by atoms with Crippen molar-refractivity contribution in [2.24, 2.45) is 23.7 Å². The molecular weight excluding hydrogens is 360 g/mol. The van der Waals surface area contributed by atoms with E-state index < -0.39 is 0 Å². The second-order valence-corrected chi connectivity index (χ2v) is 9.02. The summed E-state index contributed by atoms with van der Waals surface area (Å²) in [6.07, 6.45) is 14.1. The van der Waals surface area contributed by atoms with E-state index in [0.717, 1.165) is 30.1 Å². The van der Waals surface area contributed by atoms with Gasteiger partial charge >= 0.3 is 0 Å². The molecule has 0 heterocycles. The van der Waals surface area contributed by atoms with Gasteiger partial charge in [0.1, 0.15) is 0 Å². The van der Waals surface area contributed by atoms with Crippen LogP contribution in [0.5, 0.6) is 0 Å². The highest BCUT2D eigenvalue weighted by molar-refractivity contribution is 4.99. The highest BCUT2D eigenvalue weighted by Gasteiger charge is 2.08. The third-order valence-corrected chi connectivity index (χ3v) is 5.41. The smallest absolute Gasteiger partial charge is 0.0257 e. The molecule has 0 rings (SSSR count). The van der Waals surface area contributed by atoms with Crippen LogP contribution in [0, 0.1) is 23.7 Å². The minimum absolute atomic E-state index is 0. The molecule has 0 aliphatic heterocycles. The van der Waals surface area contributed by atoms with Crippen LogP contribution < -0.4 is 0 Å². The Bertz CT molecular complexity index is 349. The lowest BCUT2D eigenvalue weighted by atomic mass is 9.89. The van der Waals surface area contributed by atoms with Gasteiger partial charge in [-0.15, -0.1) is 0 Å². The van der Waals surface area contributed by atoms with E-state index in [0.29, 0.717) is 0 Å². The van der Waals surface area contributed by atoms with Crippen molar-refractivity contribution in [3.63, 3.8) is 0 Å². The van der Waals surface area contributed by atoms with Crippen LogP contribution in [0.4, 0.5) is 0 Å². The predicted octanol–water partition coefficient (Wildman–Crippen LogP) is 12.2. The van der Waals surface area contributed by atoms with Crippen LogP contribution in [0.15, 0.2) is 23.8 Å². The maximum Gasteiger partial charge on any atom is -0.0257 e. The van der Waals surface area contributed by atoms with E-state index in [4.69, 9.17) is 0 Å². The minimum Gasteiger partial charge on any atom is -0.0999 e. The molecule has 0 fully saturated rings. The van der Waals surface area contributed by atoms with Gasteiger partial charge in [0.2, 0.25) is 0 Å². The Morgan fingerprint density at radius 1 is 0.700 bits per heavy atom. The van der Waals surface area contributed by atoms with Crippen molar-refractivity contribution >= 4 is 0 Å². The zero-order valence-electron chi connectivity index (χ0n) is 20.0. The normalized spacial score (nSPS) is 14.1. The molecule has 0 aliphatic rings. The van der Waals surface area contributed by atoms with Crippen molar-refractivity contribution in [2.45, 2.75) is 150 Å². The van der Waals surface area contributed by atoms with Crippen LogP contribution in [0.1, 0.15) is 150 Å². The van der Waals surface area contributed by atoms with Crippen molar-refractivity contribution < 1.29 is 0 Å². The Kier molecular flexibility index (Phi) is 41.2. The molecule has 4 atom stereocenters. The third-order valence-electron chi connectivity index (χ3n) is 5.41. The summed E-state index contributed by atoms with van der Waals surface area (Å²) in [6, 6.07) is 0. The zero-order valence-corrected chi connectivity index (χ0v) is 20.0. The topological polar surface area (TPSA) is 0 Å². The van der Waals surface area contributed by atoms with Gasteiger partial charge in [-0.1, -0.05) is 135 Å². The second kappa shape index (κ2) is 28.5. The van der Waals surface area contributed by atoms with Gasteiger partial charge in [-0.3, -0.25) is 0 Å². The van der Waals surface area contributed by atoms with E-state index >= 15 is 0 Å². The molecule has 0 N–H and O–H groups in total. The molecule has 0 amide bonds. The highest BCUT2D eigenvalue weighted by Crippen LogP contribution is 2.22. The molecule has 0 radical (unpaired) electrons. The molecule has 0 aromatic heterocycles. The van der Waals surface area contributed by atoms with Gasteiger partial charge in [0.25, 0.3) is 0 Å². The van der Waals surface area contributed by atoms with E-state index in [-0.39, 0.29) is 29.7 Å². The van der Waals surface area contributed by atoms with E-state index in [1.54, 1.807) is 0 Å². The Labute approximate surface area is 197 Å². The molecular formula is C30H68. The molecule has 0 bridgehead atoms. The van der Waals surface area contributed by atoms with Crippen molar-refractivity contribution in [1.29, 1.82) is 0 Å². The summed E-state index contributed by atoms with van der Waals surface area (Å²) < 4.78 is 0. The molecule has 0 aromatic carbocycles. The van der Waals surface area contributed by atoms with Crippen LogP contribution >= 0.6 is 0 Å². The van der Waals surface area contributed by atoms with Gasteiger partial charge in [0, 0.05) is 0 Å². The van der Waals surface area contributed by atoms with Crippen molar-refractivity contribution in [3.05, 3.63) is 23.8 Å². The summed E-state index contributed by atoms with van der Waals surface area (Å²) in [5, 5.41) is 0. The van der Waals surface area contributed by atoms with Gasteiger partial charge in [0.05, 0.1) is 0 Å². The molecule has 0 heteroatoms. The Morgan fingerprint density at radius 2 is 1.13 bits per heavy atom. The molecule has 0 saturated carbocycles. The lowest BCUT2D eigenvalue weighted by molar-refractivity contribution is 0.388. The average Bonchev–Trinajstić information content (AvgIpc) is 2.55. The molecule has 0 aromatic rings. The molecule has 0 nitrogen and oxygen atoms in total. The summed E-state index contributed by atoms with van der Waals surface area (Å²) in [6.45, 7) is 24.7. The van der Waals surface area contributed by atoms with E-state index in [9.17, 15) is 0 Å². The number of rotatable bonds is 13. The summed E-state index contributed by atoms with van der Waals surface area (Å²) in [7, 11) is 0. The van der Waals surface area contributed by atoms with Crippen LogP contribution in [-0.2, 0) is 0 Å². The van der Waals surface area contributed by atoms with Gasteiger partial charge in [0.15, 0.2) is 0 Å². The SMILES string of the molecule is C.C.C.C.C=C(CC)CC(C)CC(C)CCC.CCCC(C)CC(C)C=C(C)CC. The first-order valence-electron chi connectivity index (χ1n) is 11.5. The fourth-order valence-corrected chi connectivity index (χ4v) is 3.93. The first-order valence-corrected chi connectivity index (χ1v) is 11.5. The fourth-order valence-electron chi connectivity index (χ4n) is 3.93. The molecule has 188 valence electrons. The lowest BCUT2D eigenvalue weighted by Crippen LogP contribution is -2.03. The quantitative estimate of drug-likeness (QED) is 0.256. The molecule has 0 aliphatic carbocycles. The van der Waals surface area contributed by atoms with Crippen LogP contribution in [-0.4, -0.2) is 0 Å². The van der Waals surface area contributed by atoms with E-state index in [1.165, 1.54) is 62.5 Å². The van der Waals surface area contributed by atoms with Gasteiger partial charge in [-0.25, -0.2) is 0 Å². The average molecular weight is 429 g/mol. The Hall–Kier alpha value is -0.520. The van der Waals surface area contributed by atoms with Crippen molar-refractivity contribution in [1.82, 2.24) is 0 Å². The molecule has 0 saturated heterocycles. The first kappa shape index (κ1) is 43.4. The van der Waals surface area contributed by atoms with Crippen LogP contribution in [0.3, 0.4) is 0 Å².